The Kier molecular flexibility index (Phi) is 4.98. The Hall–Kier alpha value is -1.85. The van der Waals surface area contributed by atoms with Crippen molar-refractivity contribution in [2.75, 3.05) is 6.54 Å². The van der Waals surface area contributed by atoms with Crippen molar-refractivity contribution < 1.29 is 4.79 Å². The van der Waals surface area contributed by atoms with E-state index in [1.807, 2.05) is 12.1 Å². The van der Waals surface area contributed by atoms with Crippen LogP contribution in [0.2, 0.25) is 5.02 Å². The number of rotatable bonds is 4. The molecular weight excluding hydrogens is 312 g/mol. The van der Waals surface area contributed by atoms with Crippen LogP contribution in [0.25, 0.3) is 5.69 Å². The number of aromatic nitrogens is 2. The second-order valence-corrected chi connectivity index (χ2v) is 6.49. The quantitative estimate of drug-likeness (QED) is 0.904. The molecule has 3 N–H and O–H groups in total. The van der Waals surface area contributed by atoms with E-state index in [1.165, 1.54) is 0 Å². The van der Waals surface area contributed by atoms with E-state index >= 15 is 0 Å². The molecule has 0 unspecified atom stereocenters. The Morgan fingerprint density at radius 2 is 1.91 bits per heavy atom. The van der Waals surface area contributed by atoms with Gasteiger partial charge in [0.05, 0.1) is 5.69 Å². The number of nitrogens with one attached hydrogen (secondary N) is 1. The first-order valence-electron chi connectivity index (χ1n) is 7.98. The molecule has 0 saturated heterocycles. The van der Waals surface area contributed by atoms with Crippen LogP contribution in [0.1, 0.15) is 36.2 Å². The SMILES string of the molecule is NCC1CCC(NC(=O)c2ccn(-c3ccc(Cl)cc3)n2)CC1. The highest BCUT2D eigenvalue weighted by molar-refractivity contribution is 6.30. The molecule has 0 radical (unpaired) electrons. The minimum Gasteiger partial charge on any atom is -0.348 e. The molecule has 0 atom stereocenters. The molecular formula is C17H21ClN4O. The van der Waals surface area contributed by atoms with Gasteiger partial charge in [0, 0.05) is 17.3 Å². The highest BCUT2D eigenvalue weighted by atomic mass is 35.5. The number of nitrogens with two attached hydrogens (primary N) is 1. The molecule has 5 nitrogen and oxygen atoms in total. The molecule has 1 fully saturated rings. The van der Waals surface area contributed by atoms with E-state index in [4.69, 9.17) is 17.3 Å². The van der Waals surface area contributed by atoms with Crippen molar-refractivity contribution >= 4 is 17.5 Å². The molecule has 1 aromatic heterocycles. The van der Waals surface area contributed by atoms with Gasteiger partial charge in [-0.2, -0.15) is 5.10 Å². The zero-order valence-corrected chi connectivity index (χ0v) is 13.7. The number of carbonyl (C=O) groups excluding carboxylic acids is 1. The van der Waals surface area contributed by atoms with Gasteiger partial charge in [-0.15, -0.1) is 0 Å². The molecule has 1 amide bonds. The maximum absolute atomic E-state index is 12.3. The van der Waals surface area contributed by atoms with Gasteiger partial charge in [0.2, 0.25) is 0 Å². The number of halogens is 1. The van der Waals surface area contributed by atoms with E-state index in [1.54, 1.807) is 29.1 Å². The number of benzene rings is 1. The number of amides is 1. The smallest absolute Gasteiger partial charge is 0.272 e. The fraction of sp³-hybridized carbons (Fsp3) is 0.412. The highest BCUT2D eigenvalue weighted by Gasteiger charge is 2.22. The summed E-state index contributed by atoms with van der Waals surface area (Å²) >= 11 is 5.88. The van der Waals surface area contributed by atoms with Crippen molar-refractivity contribution in [3.63, 3.8) is 0 Å². The predicted molar refractivity (Wildman–Crippen MR) is 90.8 cm³/mol. The Balaban J connectivity index is 1.61. The van der Waals surface area contributed by atoms with Crippen LogP contribution in [-0.2, 0) is 0 Å². The van der Waals surface area contributed by atoms with Crippen molar-refractivity contribution in [1.82, 2.24) is 15.1 Å². The predicted octanol–water partition coefficient (Wildman–Crippen LogP) is 2.77. The second kappa shape index (κ2) is 7.15. The van der Waals surface area contributed by atoms with Gasteiger partial charge in [-0.1, -0.05) is 11.6 Å². The molecule has 1 aliphatic carbocycles. The van der Waals surface area contributed by atoms with Crippen molar-refractivity contribution in [2.45, 2.75) is 31.7 Å². The number of hydrogen-bond donors (Lipinski definition) is 2. The summed E-state index contributed by atoms with van der Waals surface area (Å²) in [7, 11) is 0. The maximum atomic E-state index is 12.3. The molecule has 1 saturated carbocycles. The summed E-state index contributed by atoms with van der Waals surface area (Å²) in [4.78, 5) is 12.3. The van der Waals surface area contributed by atoms with E-state index < -0.39 is 0 Å². The van der Waals surface area contributed by atoms with E-state index in [0.717, 1.165) is 37.9 Å². The van der Waals surface area contributed by atoms with E-state index in [0.29, 0.717) is 16.6 Å². The molecule has 1 heterocycles. The number of hydrogen-bond acceptors (Lipinski definition) is 3. The standard InChI is InChI=1S/C17H21ClN4O/c18-13-3-7-15(8-4-13)22-10-9-16(21-22)17(23)20-14-5-1-12(11-19)2-6-14/h3-4,7-10,12,14H,1-2,5-6,11,19H2,(H,20,23). The average molecular weight is 333 g/mol. The lowest BCUT2D eigenvalue weighted by atomic mass is 9.86. The fourth-order valence-corrected chi connectivity index (χ4v) is 3.11. The van der Waals surface area contributed by atoms with Crippen LogP contribution in [0.5, 0.6) is 0 Å². The van der Waals surface area contributed by atoms with Gasteiger partial charge in [-0.25, -0.2) is 4.68 Å². The van der Waals surface area contributed by atoms with Crippen LogP contribution in [0.4, 0.5) is 0 Å². The topological polar surface area (TPSA) is 72.9 Å². The van der Waals surface area contributed by atoms with E-state index in [2.05, 4.69) is 10.4 Å². The molecule has 1 aromatic carbocycles. The van der Waals surface area contributed by atoms with Crippen molar-refractivity contribution in [3.05, 3.63) is 47.2 Å². The zero-order valence-electron chi connectivity index (χ0n) is 12.9. The van der Waals surface area contributed by atoms with Gasteiger partial charge in [0.15, 0.2) is 5.69 Å². The second-order valence-electron chi connectivity index (χ2n) is 6.05. The first-order chi connectivity index (χ1) is 11.2. The lowest BCUT2D eigenvalue weighted by Crippen LogP contribution is -2.38. The minimum atomic E-state index is -0.117. The van der Waals surface area contributed by atoms with Crippen LogP contribution in [0, 0.1) is 5.92 Å². The van der Waals surface area contributed by atoms with Gasteiger partial charge in [-0.05, 0) is 68.5 Å². The molecule has 2 aromatic rings. The third-order valence-corrected chi connectivity index (χ3v) is 4.68. The van der Waals surface area contributed by atoms with Gasteiger partial charge >= 0.3 is 0 Å². The molecule has 3 rings (SSSR count). The number of carbonyl (C=O) groups is 1. The van der Waals surface area contributed by atoms with Crippen LogP contribution in [-0.4, -0.2) is 28.3 Å². The van der Waals surface area contributed by atoms with Crippen LogP contribution < -0.4 is 11.1 Å². The minimum absolute atomic E-state index is 0.117. The Morgan fingerprint density at radius 1 is 1.22 bits per heavy atom. The normalized spacial score (nSPS) is 21.1. The molecule has 122 valence electrons. The van der Waals surface area contributed by atoms with Crippen molar-refractivity contribution in [1.29, 1.82) is 0 Å². The van der Waals surface area contributed by atoms with Crippen molar-refractivity contribution in [2.24, 2.45) is 11.7 Å². The Morgan fingerprint density at radius 3 is 2.57 bits per heavy atom. The summed E-state index contributed by atoms with van der Waals surface area (Å²) in [5.41, 5.74) is 7.00. The fourth-order valence-electron chi connectivity index (χ4n) is 2.98. The maximum Gasteiger partial charge on any atom is 0.272 e. The van der Waals surface area contributed by atoms with E-state index in [-0.39, 0.29) is 11.9 Å². The van der Waals surface area contributed by atoms with Gasteiger partial charge in [0.25, 0.3) is 5.91 Å². The summed E-state index contributed by atoms with van der Waals surface area (Å²) in [6, 6.07) is 9.29. The molecule has 1 aliphatic rings. The molecule has 0 bridgehead atoms. The highest BCUT2D eigenvalue weighted by Crippen LogP contribution is 2.23. The largest absolute Gasteiger partial charge is 0.348 e. The Bertz CT molecular complexity index is 659. The third-order valence-electron chi connectivity index (χ3n) is 4.43. The number of nitrogens with zero attached hydrogens (tertiary/aromatic N) is 2. The third kappa shape index (κ3) is 3.92. The van der Waals surface area contributed by atoms with Crippen LogP contribution in [0.15, 0.2) is 36.5 Å². The summed E-state index contributed by atoms with van der Waals surface area (Å²) < 4.78 is 1.68. The first-order valence-corrected chi connectivity index (χ1v) is 8.36. The summed E-state index contributed by atoms with van der Waals surface area (Å²) in [5.74, 6) is 0.487. The average Bonchev–Trinajstić information content (AvgIpc) is 3.06. The van der Waals surface area contributed by atoms with Crippen LogP contribution in [0.3, 0.4) is 0 Å². The molecule has 6 heteroatoms. The Labute approximate surface area is 140 Å². The van der Waals surface area contributed by atoms with Gasteiger partial charge in [0.1, 0.15) is 0 Å². The summed E-state index contributed by atoms with van der Waals surface area (Å²) in [6.45, 7) is 0.742. The van der Waals surface area contributed by atoms with Gasteiger partial charge in [-0.3, -0.25) is 4.79 Å². The molecule has 23 heavy (non-hydrogen) atoms. The van der Waals surface area contributed by atoms with E-state index in [9.17, 15) is 4.79 Å². The first kappa shape index (κ1) is 16.0. The summed E-state index contributed by atoms with van der Waals surface area (Å²) in [6.07, 6.45) is 5.93. The van der Waals surface area contributed by atoms with Crippen LogP contribution >= 0.6 is 11.6 Å². The zero-order chi connectivity index (χ0) is 16.2. The molecule has 0 aliphatic heterocycles. The van der Waals surface area contributed by atoms with Crippen molar-refractivity contribution in [3.8, 4) is 5.69 Å². The lowest BCUT2D eigenvalue weighted by Gasteiger charge is -2.28. The summed E-state index contributed by atoms with van der Waals surface area (Å²) in [5, 5.41) is 8.10. The molecule has 0 spiro atoms. The van der Waals surface area contributed by atoms with Gasteiger partial charge < -0.3 is 11.1 Å². The monoisotopic (exact) mass is 332 g/mol. The lowest BCUT2D eigenvalue weighted by molar-refractivity contribution is 0.0917.